The van der Waals surface area contributed by atoms with E-state index in [1.165, 1.54) is 24.5 Å². The van der Waals surface area contributed by atoms with Crippen LogP contribution in [0.3, 0.4) is 0 Å². The van der Waals surface area contributed by atoms with E-state index in [0.29, 0.717) is 112 Å². The molecule has 6 aliphatic heterocycles. The molecule has 6 aliphatic rings. The van der Waals surface area contributed by atoms with E-state index in [0.717, 1.165) is 46.1 Å². The van der Waals surface area contributed by atoms with Crippen LogP contribution in [-0.4, -0.2) is 330 Å². The van der Waals surface area contributed by atoms with Crippen molar-refractivity contribution in [2.75, 3.05) is 205 Å². The minimum absolute atomic E-state index is 0. The molecule has 6 fully saturated rings. The largest absolute Gasteiger partial charge is 0.350 e. The number of alkyl halides is 1. The molecule has 37 heteroatoms. The van der Waals surface area contributed by atoms with Gasteiger partial charge in [0.1, 0.15) is 0 Å². The molecule has 0 saturated carbocycles. The summed E-state index contributed by atoms with van der Waals surface area (Å²) in [6.45, 7) is 17.7. The number of terminal acetylenes is 4. The Balaban J connectivity index is 0.00000124. The predicted octanol–water partition coefficient (Wildman–Crippen LogP) is -0.936. The van der Waals surface area contributed by atoms with Crippen LogP contribution in [0.15, 0.2) is 0 Å². The van der Waals surface area contributed by atoms with Crippen LogP contribution < -0.4 is 0 Å². The standard InChI is InChI=1S/C13H10N8.C13H19N5.C11H16N6O.C10H12FN5.C10H14N6.C10H13N5.CH4/c1-2-11(3-14)19-8-20(12(4-15)5-16)10-21(9-19)13(6-17)7-18;1-2-3-8-16-11-17(9-4-6-14)13-18(12-16)10-5-7-15;1-2-18-11-16(7-4-13)9-15(6-3-12)10-17(11)8-5-14;1-2-5-15-8-14(6-3-12)9-16(7-4-13)10(15)11;1-10-15(6-3-12)8-14(5-2-11)9-16(10)7-4-13;1-2-5-13-8-14(6-3-11)10-15(9-13)7-4-12;/h1,11-13H,8-10H2;1H,3-5,8-13H2;11H,2,6-10H2,1H3;1,10H,5-9H2;10H,5-9H2,1H3;1H,5-10H2;1H4. The summed E-state index contributed by atoms with van der Waals surface area (Å²) in [4.78, 5) is 32.8. The van der Waals surface area contributed by atoms with Crippen molar-refractivity contribution in [2.24, 2.45) is 0 Å². The SMILES string of the molecule is C.C#CC(C#N)N1CN(C(C#N)C#N)CN(C(C#N)C#N)C1.C#CCCN1CN(CCC#N)CN(CCC#N)C1.C#CCN1CN(CC#N)CN(CC#N)C1.C#CCN1CN(CC#N)CN(CC#N)C1F.CC1N(CC#N)CN(CC#N)CN1CC#N.CCOC1N(CC#N)CN(CC#N)CN1CC#N. The molecule has 0 spiro atoms. The molecule has 2 unspecified atom stereocenters. The Kier molecular flexibility index (Phi) is 51.1. The van der Waals surface area contributed by atoms with E-state index in [9.17, 15) is 4.39 Å². The van der Waals surface area contributed by atoms with Crippen LogP contribution in [0.25, 0.3) is 0 Å². The summed E-state index contributed by atoms with van der Waals surface area (Å²) in [5.74, 6) is 9.87. The van der Waals surface area contributed by atoms with Gasteiger partial charge in [-0.25, -0.2) is 33.8 Å². The quantitative estimate of drug-likeness (QED) is 0.0677. The second-order valence-electron chi connectivity index (χ2n) is 23.0. The highest BCUT2D eigenvalue weighted by molar-refractivity contribution is 5.16. The van der Waals surface area contributed by atoms with Crippen molar-refractivity contribution in [3.8, 4) is 153 Å². The molecule has 0 aromatic rings. The van der Waals surface area contributed by atoms with Gasteiger partial charge in [-0.15, -0.1) is 31.6 Å². The summed E-state index contributed by atoms with van der Waals surface area (Å²) in [5.41, 5.74) is 0. The Morgan fingerprint density at radius 3 is 0.905 bits per heavy atom. The van der Waals surface area contributed by atoms with Gasteiger partial charge in [0.05, 0.1) is 288 Å². The van der Waals surface area contributed by atoms with Crippen LogP contribution in [0, 0.1) is 242 Å². The van der Waals surface area contributed by atoms with Gasteiger partial charge in [-0.05, 0) is 13.8 Å². The number of nitriles is 17. The highest BCUT2D eigenvalue weighted by Crippen LogP contribution is 2.19. The maximum atomic E-state index is 13.8. The number of ether oxygens (including phenoxy) is 1. The summed E-state index contributed by atoms with van der Waals surface area (Å²) < 4.78 is 19.4. The van der Waals surface area contributed by atoms with Crippen molar-refractivity contribution in [2.45, 2.75) is 77.6 Å². The Morgan fingerprint density at radius 1 is 0.324 bits per heavy atom. The number of hydrogen-bond acceptors (Lipinski definition) is 36. The van der Waals surface area contributed by atoms with Crippen LogP contribution in [0.1, 0.15) is 40.5 Å². The Hall–Kier alpha value is -11.3. The van der Waals surface area contributed by atoms with E-state index in [1.807, 2.05) is 100 Å². The van der Waals surface area contributed by atoms with Crippen LogP contribution in [0.4, 0.5) is 4.39 Å². The minimum atomic E-state index is -1.36. The van der Waals surface area contributed by atoms with Crippen LogP contribution >= 0.6 is 0 Å². The molecule has 0 aromatic heterocycles. The van der Waals surface area contributed by atoms with Crippen molar-refractivity contribution >= 4 is 0 Å². The molecule has 0 amide bonds. The molecule has 0 bridgehead atoms. The average Bonchev–Trinajstić information content (AvgIpc) is 0.832. The van der Waals surface area contributed by atoms with Gasteiger partial charge in [0.15, 0.2) is 24.5 Å². The number of hydrogen-bond donors (Lipinski definition) is 0. The topological polar surface area (TPSA) is 472 Å². The first-order valence-electron chi connectivity index (χ1n) is 32.1. The minimum Gasteiger partial charge on any atom is -0.350 e. The first-order chi connectivity index (χ1) is 50.4. The third-order valence-electron chi connectivity index (χ3n) is 15.3. The molecule has 105 heavy (non-hydrogen) atoms. The molecule has 36 nitrogen and oxygen atoms in total. The Bertz CT molecular complexity index is 3170. The third kappa shape index (κ3) is 35.0. The summed E-state index contributed by atoms with van der Waals surface area (Å²) >= 11 is 0. The lowest BCUT2D eigenvalue weighted by molar-refractivity contribution is -0.199. The van der Waals surface area contributed by atoms with Crippen molar-refractivity contribution in [3.05, 3.63) is 0 Å². The van der Waals surface area contributed by atoms with Gasteiger partial charge in [-0.1, -0.05) is 25.2 Å². The number of halogens is 1. The maximum Gasteiger partial charge on any atom is 0.213 e. The molecule has 0 N–H and O–H groups in total. The third-order valence-corrected chi connectivity index (χ3v) is 15.3. The lowest BCUT2D eigenvalue weighted by Crippen LogP contribution is -2.62. The lowest BCUT2D eigenvalue weighted by atomic mass is 10.2. The molecule has 0 aliphatic carbocycles. The molecule has 6 rings (SSSR count). The molecule has 6 saturated heterocycles. The molecule has 6 heterocycles. The van der Waals surface area contributed by atoms with Gasteiger partial charge in [0.25, 0.3) is 0 Å². The smallest absolute Gasteiger partial charge is 0.213 e. The van der Waals surface area contributed by atoms with Crippen molar-refractivity contribution in [1.29, 1.82) is 89.5 Å². The van der Waals surface area contributed by atoms with Gasteiger partial charge in [0.2, 0.25) is 6.42 Å². The Morgan fingerprint density at radius 2 is 0.600 bits per heavy atom. The van der Waals surface area contributed by atoms with Gasteiger partial charge < -0.3 is 4.74 Å². The normalized spacial score (nSPS) is 19.1. The monoisotopic (exact) mass is 1430 g/mol. The molecule has 2 atom stereocenters. The van der Waals surface area contributed by atoms with E-state index < -0.39 is 24.5 Å². The zero-order valence-corrected chi connectivity index (χ0v) is 58.8. The van der Waals surface area contributed by atoms with E-state index in [-0.39, 0.29) is 85.9 Å². The maximum absolute atomic E-state index is 13.8. The van der Waals surface area contributed by atoms with Gasteiger partial charge in [0, 0.05) is 45.5 Å². The first kappa shape index (κ1) is 93.7. The number of rotatable bonds is 23. The zero-order chi connectivity index (χ0) is 77.5. The predicted molar refractivity (Wildman–Crippen MR) is 372 cm³/mol. The molecular weight excluding hydrogens is 1340 g/mol. The Labute approximate surface area is 619 Å². The molecule has 0 radical (unpaired) electrons. The van der Waals surface area contributed by atoms with E-state index in [2.05, 4.69) is 99.1 Å². The van der Waals surface area contributed by atoms with Gasteiger partial charge in [-0.3, -0.25) is 58.8 Å². The van der Waals surface area contributed by atoms with Crippen LogP contribution in [0.5, 0.6) is 0 Å². The van der Waals surface area contributed by atoms with Crippen molar-refractivity contribution in [1.82, 2.24) is 88.2 Å². The number of nitrogens with zero attached hydrogens (tertiary/aromatic N) is 35. The molecular formula is C68H88FN35O. The summed E-state index contributed by atoms with van der Waals surface area (Å²) in [5, 5.41) is 149. The first-order valence-corrected chi connectivity index (χ1v) is 32.1. The van der Waals surface area contributed by atoms with E-state index in [4.69, 9.17) is 120 Å². The second kappa shape index (κ2) is 57.3. The summed E-state index contributed by atoms with van der Waals surface area (Å²) in [6, 6.07) is 31.2. The molecule has 548 valence electrons. The van der Waals surface area contributed by atoms with Gasteiger partial charge >= 0.3 is 0 Å². The lowest BCUT2D eigenvalue weighted by Gasteiger charge is -2.45. The second-order valence-corrected chi connectivity index (χ2v) is 23.0. The summed E-state index contributed by atoms with van der Waals surface area (Å²) in [7, 11) is 0. The van der Waals surface area contributed by atoms with Crippen LogP contribution in [-0.2, 0) is 4.74 Å². The highest BCUT2D eigenvalue weighted by Gasteiger charge is 2.37. The van der Waals surface area contributed by atoms with Crippen molar-refractivity contribution < 1.29 is 9.13 Å². The average molecular weight is 1430 g/mol. The van der Waals surface area contributed by atoms with Crippen molar-refractivity contribution in [3.63, 3.8) is 0 Å². The zero-order valence-electron chi connectivity index (χ0n) is 58.8. The van der Waals surface area contributed by atoms with E-state index >= 15 is 0 Å². The van der Waals surface area contributed by atoms with E-state index in [1.54, 1.807) is 4.90 Å². The van der Waals surface area contributed by atoms with Gasteiger partial charge in [-0.2, -0.15) is 89.5 Å². The fourth-order valence-corrected chi connectivity index (χ4v) is 10.9. The fraction of sp³-hybridized carbons (Fsp3) is 0.632. The van der Waals surface area contributed by atoms with Crippen LogP contribution in [0.2, 0.25) is 0 Å². The summed E-state index contributed by atoms with van der Waals surface area (Å²) in [6.07, 6.45) is 21.1. The fourth-order valence-electron chi connectivity index (χ4n) is 10.9. The highest BCUT2D eigenvalue weighted by atomic mass is 19.1. The molecule has 0 aromatic carbocycles.